The molecular formula is C33H44N6O3S. The van der Waals surface area contributed by atoms with Crippen LogP contribution in [0.4, 0.5) is 11.4 Å². The Labute approximate surface area is 260 Å². The van der Waals surface area contributed by atoms with Gasteiger partial charge in [-0.2, -0.15) is 4.98 Å². The number of nitrogens with one attached hydrogen (secondary N) is 2. The van der Waals surface area contributed by atoms with Crippen molar-refractivity contribution in [3.05, 3.63) is 70.7 Å². The van der Waals surface area contributed by atoms with E-state index >= 15 is 0 Å². The molecule has 2 heterocycles. The van der Waals surface area contributed by atoms with Crippen LogP contribution in [0.5, 0.6) is 17.4 Å². The molecule has 10 heteroatoms. The normalized spacial score (nSPS) is 14.8. The van der Waals surface area contributed by atoms with Crippen LogP contribution in [0.25, 0.3) is 6.08 Å². The number of nitrogens with zero attached hydrogens (tertiary/aromatic N) is 4. The Bertz CT molecular complexity index is 1460. The number of ether oxygens (including phenoxy) is 2. The van der Waals surface area contributed by atoms with Crippen LogP contribution in [0.2, 0.25) is 0 Å². The monoisotopic (exact) mass is 604 g/mol. The van der Waals surface area contributed by atoms with Crippen LogP contribution in [-0.4, -0.2) is 72.3 Å². The van der Waals surface area contributed by atoms with Crippen molar-refractivity contribution < 1.29 is 14.3 Å². The van der Waals surface area contributed by atoms with Gasteiger partial charge in [0, 0.05) is 50.3 Å². The van der Waals surface area contributed by atoms with Gasteiger partial charge in [0.2, 0.25) is 5.88 Å². The number of methoxy groups -OCH3 is 1. The molecule has 1 aliphatic heterocycles. The predicted molar refractivity (Wildman–Crippen MR) is 177 cm³/mol. The van der Waals surface area contributed by atoms with Crippen LogP contribution in [0.15, 0.2) is 48.2 Å². The van der Waals surface area contributed by atoms with E-state index < -0.39 is 0 Å². The minimum absolute atomic E-state index is 0.113. The van der Waals surface area contributed by atoms with Gasteiger partial charge in [0.15, 0.2) is 5.75 Å². The number of hydrogen-bond acceptors (Lipinski definition) is 9. The van der Waals surface area contributed by atoms with Gasteiger partial charge in [0.05, 0.1) is 25.0 Å². The number of carbonyl (C=O) groups is 1. The number of aromatic nitrogens is 2. The Balaban J connectivity index is 1.52. The molecule has 1 saturated heterocycles. The summed E-state index contributed by atoms with van der Waals surface area (Å²) in [6, 6.07) is 11.6. The summed E-state index contributed by atoms with van der Waals surface area (Å²) in [6.07, 6.45) is 5.56. The molecule has 4 rings (SSSR count). The average molecular weight is 605 g/mol. The number of hydrogen-bond donors (Lipinski definition) is 2. The SMILES string of the molecule is COc1c(NSC)cc(C(C)(C)C)cc1NC(=O)/C(C)=C/c1cccc(Oc2ccnc(CN3CCN(C)CC3)n2)c1C. The Morgan fingerprint density at radius 3 is 2.51 bits per heavy atom. The van der Waals surface area contributed by atoms with Crippen LogP contribution < -0.4 is 19.5 Å². The highest BCUT2D eigenvalue weighted by molar-refractivity contribution is 7.99. The molecule has 230 valence electrons. The molecule has 0 aliphatic carbocycles. The molecule has 2 N–H and O–H groups in total. The lowest BCUT2D eigenvalue weighted by Crippen LogP contribution is -2.44. The highest BCUT2D eigenvalue weighted by Gasteiger charge is 2.21. The summed E-state index contributed by atoms with van der Waals surface area (Å²) in [4.78, 5) is 27.2. The third kappa shape index (κ3) is 8.49. The number of anilines is 2. The molecule has 0 radical (unpaired) electrons. The van der Waals surface area contributed by atoms with E-state index in [2.05, 4.69) is 63.7 Å². The van der Waals surface area contributed by atoms with Crippen LogP contribution in [0.1, 0.15) is 50.2 Å². The van der Waals surface area contributed by atoms with Crippen LogP contribution in [0, 0.1) is 6.92 Å². The lowest BCUT2D eigenvalue weighted by Gasteiger charge is -2.31. The largest absolute Gasteiger partial charge is 0.492 e. The number of likely N-dealkylation sites (N-methyl/N-ethyl adjacent to an activating group) is 1. The first-order valence-electron chi connectivity index (χ1n) is 14.5. The molecule has 1 aliphatic rings. The first-order valence-corrected chi connectivity index (χ1v) is 15.7. The number of carbonyl (C=O) groups excluding carboxylic acids is 1. The van der Waals surface area contributed by atoms with Gasteiger partial charge in [-0.1, -0.05) is 44.9 Å². The minimum Gasteiger partial charge on any atom is -0.492 e. The fourth-order valence-corrected chi connectivity index (χ4v) is 5.18. The van der Waals surface area contributed by atoms with Gasteiger partial charge in [-0.3, -0.25) is 9.69 Å². The standard InChI is InChI=1S/C33H44N6O3S/c1-22(32(40)35-26-19-25(33(3,4)5)20-27(37-43-8)31(26)41-7)18-24-10-9-11-28(23(24)2)42-30-12-13-34-29(36-30)21-39-16-14-38(6)15-17-39/h9-13,18-20,37H,14-17,21H2,1-8H3,(H,35,40)/b22-18+. The number of piperazine rings is 1. The molecule has 9 nitrogen and oxygen atoms in total. The maximum Gasteiger partial charge on any atom is 0.251 e. The van der Waals surface area contributed by atoms with Gasteiger partial charge in [0.25, 0.3) is 5.91 Å². The zero-order valence-corrected chi connectivity index (χ0v) is 27.4. The molecular weight excluding hydrogens is 560 g/mol. The fourth-order valence-electron chi connectivity index (χ4n) is 4.81. The smallest absolute Gasteiger partial charge is 0.251 e. The van der Waals surface area contributed by atoms with Crippen molar-refractivity contribution >= 4 is 35.3 Å². The summed E-state index contributed by atoms with van der Waals surface area (Å²) in [6.45, 7) is 15.0. The third-order valence-electron chi connectivity index (χ3n) is 7.53. The summed E-state index contributed by atoms with van der Waals surface area (Å²) in [5.74, 6) is 2.29. The lowest BCUT2D eigenvalue weighted by molar-refractivity contribution is -0.112. The van der Waals surface area contributed by atoms with Gasteiger partial charge in [-0.05, 0) is 67.3 Å². The van der Waals surface area contributed by atoms with E-state index in [9.17, 15) is 4.79 Å². The van der Waals surface area contributed by atoms with Gasteiger partial charge >= 0.3 is 0 Å². The number of rotatable bonds is 10. The third-order valence-corrected chi connectivity index (χ3v) is 7.95. The maximum absolute atomic E-state index is 13.4. The lowest BCUT2D eigenvalue weighted by atomic mass is 9.86. The second-order valence-electron chi connectivity index (χ2n) is 11.9. The van der Waals surface area contributed by atoms with E-state index in [4.69, 9.17) is 9.47 Å². The molecule has 0 saturated carbocycles. The Kier molecular flexibility index (Phi) is 10.7. The van der Waals surface area contributed by atoms with Crippen molar-refractivity contribution in [2.24, 2.45) is 0 Å². The van der Waals surface area contributed by atoms with Gasteiger partial charge in [0.1, 0.15) is 11.6 Å². The molecule has 1 aromatic heterocycles. The Morgan fingerprint density at radius 2 is 1.84 bits per heavy atom. The topological polar surface area (TPSA) is 91.8 Å². The molecule has 0 unspecified atom stereocenters. The van der Waals surface area contributed by atoms with Crippen molar-refractivity contribution in [3.63, 3.8) is 0 Å². The van der Waals surface area contributed by atoms with Crippen LogP contribution in [0.3, 0.4) is 0 Å². The molecule has 0 bridgehead atoms. The second-order valence-corrected chi connectivity index (χ2v) is 12.5. The second kappa shape index (κ2) is 14.2. The maximum atomic E-state index is 13.4. The van der Waals surface area contributed by atoms with E-state index in [1.165, 1.54) is 11.9 Å². The average Bonchev–Trinajstić information content (AvgIpc) is 2.96. The summed E-state index contributed by atoms with van der Waals surface area (Å²) >= 11 is 1.47. The molecule has 1 amide bonds. The van der Waals surface area contributed by atoms with Crippen molar-refractivity contribution in [2.75, 3.05) is 56.6 Å². The van der Waals surface area contributed by atoms with Crippen LogP contribution >= 0.6 is 11.9 Å². The van der Waals surface area contributed by atoms with E-state index in [0.29, 0.717) is 35.2 Å². The number of amides is 1. The van der Waals surface area contributed by atoms with E-state index in [1.54, 1.807) is 26.3 Å². The van der Waals surface area contributed by atoms with Crippen molar-refractivity contribution in [3.8, 4) is 17.4 Å². The van der Waals surface area contributed by atoms with E-state index in [0.717, 1.165) is 54.4 Å². The zero-order valence-electron chi connectivity index (χ0n) is 26.6. The zero-order chi connectivity index (χ0) is 31.1. The van der Waals surface area contributed by atoms with Crippen molar-refractivity contribution in [1.29, 1.82) is 0 Å². The summed E-state index contributed by atoms with van der Waals surface area (Å²) in [7, 11) is 3.75. The molecule has 0 spiro atoms. The van der Waals surface area contributed by atoms with Gasteiger partial charge < -0.3 is 24.4 Å². The van der Waals surface area contributed by atoms with Crippen LogP contribution in [-0.2, 0) is 16.8 Å². The highest BCUT2D eigenvalue weighted by Crippen LogP contribution is 2.39. The summed E-state index contributed by atoms with van der Waals surface area (Å²) in [5, 5.41) is 3.07. The quantitative estimate of drug-likeness (QED) is 0.203. The van der Waals surface area contributed by atoms with Crippen molar-refractivity contribution in [2.45, 2.75) is 46.6 Å². The molecule has 1 fully saturated rings. The number of benzene rings is 2. The summed E-state index contributed by atoms with van der Waals surface area (Å²) in [5.41, 5.74) is 4.76. The fraction of sp³-hybridized carbons (Fsp3) is 0.424. The molecule has 0 atom stereocenters. The van der Waals surface area contributed by atoms with Crippen molar-refractivity contribution in [1.82, 2.24) is 19.8 Å². The molecule has 3 aromatic rings. The first kappa shape index (κ1) is 32.3. The molecule has 2 aromatic carbocycles. The summed E-state index contributed by atoms with van der Waals surface area (Å²) < 4.78 is 15.2. The highest BCUT2D eigenvalue weighted by atomic mass is 32.2. The van der Waals surface area contributed by atoms with Gasteiger partial charge in [-0.25, -0.2) is 4.98 Å². The van der Waals surface area contributed by atoms with E-state index in [1.807, 2.05) is 43.5 Å². The Morgan fingerprint density at radius 1 is 1.12 bits per heavy atom. The first-order chi connectivity index (χ1) is 20.5. The van der Waals surface area contributed by atoms with E-state index in [-0.39, 0.29) is 11.3 Å². The Hall–Kier alpha value is -3.60. The predicted octanol–water partition coefficient (Wildman–Crippen LogP) is 6.36. The molecule has 43 heavy (non-hydrogen) atoms. The minimum atomic E-state index is -0.213. The van der Waals surface area contributed by atoms with Gasteiger partial charge in [-0.15, -0.1) is 0 Å².